The molecule has 0 spiro atoms. The van der Waals surface area contributed by atoms with E-state index >= 15 is 0 Å². The van der Waals surface area contributed by atoms with Crippen LogP contribution in [0.4, 0.5) is 14.9 Å². The zero-order valence-corrected chi connectivity index (χ0v) is 13.9. The Bertz CT molecular complexity index is 751. The van der Waals surface area contributed by atoms with Crippen molar-refractivity contribution in [2.45, 2.75) is 12.5 Å². The van der Waals surface area contributed by atoms with Gasteiger partial charge in [-0.25, -0.2) is 9.18 Å². The molecule has 0 bridgehead atoms. The van der Waals surface area contributed by atoms with Gasteiger partial charge in [-0.3, -0.25) is 14.7 Å². The number of anilines is 1. The number of carbonyl (C=O) groups excluding carboxylic acids is 2. The number of pyridine rings is 1. The van der Waals surface area contributed by atoms with Gasteiger partial charge in [0.05, 0.1) is 0 Å². The molecular weight excluding hydrogens is 323 g/mol. The first-order chi connectivity index (χ1) is 12.0. The third-order valence-corrected chi connectivity index (χ3v) is 4.21. The Hall–Kier alpha value is -2.96. The van der Waals surface area contributed by atoms with Crippen molar-refractivity contribution >= 4 is 17.6 Å². The number of hydrogen-bond donors (Lipinski definition) is 1. The van der Waals surface area contributed by atoms with Gasteiger partial charge in [0.2, 0.25) is 0 Å². The summed E-state index contributed by atoms with van der Waals surface area (Å²) in [5, 5.41) is 2.91. The number of nitrogens with one attached hydrogen (secondary N) is 1. The number of rotatable bonds is 3. The fourth-order valence-corrected chi connectivity index (χ4v) is 2.77. The molecule has 1 unspecified atom stereocenters. The molecule has 3 amide bonds. The van der Waals surface area contributed by atoms with E-state index in [-0.39, 0.29) is 23.8 Å². The minimum Gasteiger partial charge on any atom is -0.335 e. The molecule has 1 saturated heterocycles. The number of aromatic nitrogens is 1. The van der Waals surface area contributed by atoms with Crippen LogP contribution >= 0.6 is 0 Å². The van der Waals surface area contributed by atoms with Crippen LogP contribution < -0.4 is 10.2 Å². The molecule has 1 atom stereocenters. The minimum atomic E-state index is -0.350. The topological polar surface area (TPSA) is 65.5 Å². The van der Waals surface area contributed by atoms with Gasteiger partial charge in [-0.2, -0.15) is 0 Å². The maximum Gasteiger partial charge on any atom is 0.321 e. The fourth-order valence-electron chi connectivity index (χ4n) is 2.77. The summed E-state index contributed by atoms with van der Waals surface area (Å²) >= 11 is 0. The van der Waals surface area contributed by atoms with Gasteiger partial charge in [-0.05, 0) is 42.8 Å². The largest absolute Gasteiger partial charge is 0.335 e. The Morgan fingerprint density at radius 1 is 1.24 bits per heavy atom. The van der Waals surface area contributed by atoms with Crippen LogP contribution in [-0.2, 0) is 0 Å². The van der Waals surface area contributed by atoms with E-state index in [4.69, 9.17) is 0 Å². The number of carbonyl (C=O) groups is 2. The van der Waals surface area contributed by atoms with Gasteiger partial charge in [-0.1, -0.05) is 6.07 Å². The number of nitrogens with zero attached hydrogens (tertiary/aromatic N) is 3. The molecular formula is C18H19FN4O2. The Balaban J connectivity index is 1.56. The lowest BCUT2D eigenvalue weighted by molar-refractivity contribution is 0.0783. The maximum atomic E-state index is 13.0. The predicted molar refractivity (Wildman–Crippen MR) is 91.9 cm³/mol. The van der Waals surface area contributed by atoms with E-state index in [9.17, 15) is 14.0 Å². The lowest BCUT2D eigenvalue weighted by Gasteiger charge is -2.21. The maximum absolute atomic E-state index is 13.0. The molecule has 0 radical (unpaired) electrons. The number of likely N-dealkylation sites (tertiary alicyclic amines) is 1. The van der Waals surface area contributed by atoms with Gasteiger partial charge in [0.15, 0.2) is 0 Å². The molecule has 25 heavy (non-hydrogen) atoms. The first-order valence-electron chi connectivity index (χ1n) is 8.04. The highest BCUT2D eigenvalue weighted by molar-refractivity contribution is 5.93. The second-order valence-electron chi connectivity index (χ2n) is 5.94. The van der Waals surface area contributed by atoms with Gasteiger partial charge in [0.25, 0.3) is 5.91 Å². The van der Waals surface area contributed by atoms with E-state index in [0.29, 0.717) is 30.9 Å². The summed E-state index contributed by atoms with van der Waals surface area (Å²) < 4.78 is 13.0. The first kappa shape index (κ1) is 16.9. The van der Waals surface area contributed by atoms with Crippen LogP contribution in [0.3, 0.4) is 0 Å². The molecule has 1 aromatic carbocycles. The Labute approximate surface area is 145 Å². The molecule has 1 fully saturated rings. The van der Waals surface area contributed by atoms with Crippen molar-refractivity contribution in [1.29, 1.82) is 0 Å². The molecule has 7 heteroatoms. The molecule has 0 aliphatic carbocycles. The third-order valence-electron chi connectivity index (χ3n) is 4.21. The second kappa shape index (κ2) is 7.29. The normalized spacial score (nSPS) is 16.6. The molecule has 1 aliphatic heterocycles. The van der Waals surface area contributed by atoms with E-state index in [1.807, 2.05) is 0 Å². The number of benzene rings is 1. The van der Waals surface area contributed by atoms with Crippen LogP contribution in [-0.4, -0.2) is 48.0 Å². The zero-order valence-electron chi connectivity index (χ0n) is 13.9. The molecule has 1 aromatic heterocycles. The highest BCUT2D eigenvalue weighted by Gasteiger charge is 2.29. The van der Waals surface area contributed by atoms with Crippen LogP contribution in [0.25, 0.3) is 0 Å². The summed E-state index contributed by atoms with van der Waals surface area (Å²) in [4.78, 5) is 31.9. The van der Waals surface area contributed by atoms with Crippen LogP contribution in [0.2, 0.25) is 0 Å². The van der Waals surface area contributed by atoms with Gasteiger partial charge < -0.3 is 10.2 Å². The van der Waals surface area contributed by atoms with Crippen molar-refractivity contribution in [3.8, 4) is 0 Å². The summed E-state index contributed by atoms with van der Waals surface area (Å²) in [6, 6.07) is 10.5. The highest BCUT2D eigenvalue weighted by atomic mass is 19.1. The zero-order chi connectivity index (χ0) is 17.8. The van der Waals surface area contributed by atoms with Gasteiger partial charge in [0.1, 0.15) is 11.5 Å². The Morgan fingerprint density at radius 2 is 2.00 bits per heavy atom. The van der Waals surface area contributed by atoms with Crippen LogP contribution in [0.1, 0.15) is 16.9 Å². The monoisotopic (exact) mass is 342 g/mol. The quantitative estimate of drug-likeness (QED) is 0.931. The van der Waals surface area contributed by atoms with Gasteiger partial charge in [-0.15, -0.1) is 0 Å². The molecule has 1 N–H and O–H groups in total. The number of halogens is 1. The molecule has 130 valence electrons. The van der Waals surface area contributed by atoms with Crippen molar-refractivity contribution in [3.05, 3.63) is 60.2 Å². The molecule has 6 nitrogen and oxygen atoms in total. The van der Waals surface area contributed by atoms with E-state index in [1.54, 1.807) is 48.5 Å². The predicted octanol–water partition coefficient (Wildman–Crippen LogP) is 2.28. The van der Waals surface area contributed by atoms with Crippen molar-refractivity contribution < 1.29 is 14.0 Å². The summed E-state index contributed by atoms with van der Waals surface area (Å²) in [6.07, 6.45) is 2.27. The third kappa shape index (κ3) is 3.93. The molecule has 2 heterocycles. The molecule has 3 rings (SSSR count). The van der Waals surface area contributed by atoms with Crippen molar-refractivity contribution in [2.75, 3.05) is 25.0 Å². The minimum absolute atomic E-state index is 0.122. The summed E-state index contributed by atoms with van der Waals surface area (Å²) in [7, 11) is 1.62. The Morgan fingerprint density at radius 3 is 2.68 bits per heavy atom. The standard InChI is InChI=1S/C18H19FN4O2/c1-22(15-7-5-13(19)6-8-15)18(25)21-14-9-11-23(12-14)17(24)16-4-2-3-10-20-16/h2-8,10,14H,9,11-12H2,1H3,(H,21,25). The van der Waals surface area contributed by atoms with Crippen LogP contribution in [0, 0.1) is 5.82 Å². The van der Waals surface area contributed by atoms with E-state index in [2.05, 4.69) is 10.3 Å². The SMILES string of the molecule is CN(C(=O)NC1CCN(C(=O)c2ccccn2)C1)c1ccc(F)cc1. The molecule has 0 saturated carbocycles. The fraction of sp³-hybridized carbons (Fsp3) is 0.278. The van der Waals surface area contributed by atoms with Crippen molar-refractivity contribution in [1.82, 2.24) is 15.2 Å². The van der Waals surface area contributed by atoms with E-state index in [0.717, 1.165) is 0 Å². The van der Waals surface area contributed by atoms with Crippen LogP contribution in [0.15, 0.2) is 48.7 Å². The van der Waals surface area contributed by atoms with Crippen molar-refractivity contribution in [2.24, 2.45) is 0 Å². The second-order valence-corrected chi connectivity index (χ2v) is 5.94. The Kier molecular flexibility index (Phi) is 4.92. The van der Waals surface area contributed by atoms with Gasteiger partial charge in [0, 0.05) is 38.1 Å². The summed E-state index contributed by atoms with van der Waals surface area (Å²) in [6.45, 7) is 1.01. The summed E-state index contributed by atoms with van der Waals surface area (Å²) in [5.74, 6) is -0.485. The van der Waals surface area contributed by atoms with Gasteiger partial charge >= 0.3 is 6.03 Å². The first-order valence-corrected chi connectivity index (χ1v) is 8.04. The van der Waals surface area contributed by atoms with E-state index in [1.165, 1.54) is 17.0 Å². The smallest absolute Gasteiger partial charge is 0.321 e. The summed E-state index contributed by atoms with van der Waals surface area (Å²) in [5.41, 5.74) is 0.997. The average molecular weight is 342 g/mol. The van der Waals surface area contributed by atoms with E-state index < -0.39 is 0 Å². The highest BCUT2D eigenvalue weighted by Crippen LogP contribution is 2.16. The molecule has 1 aliphatic rings. The average Bonchev–Trinajstić information content (AvgIpc) is 3.10. The number of amides is 3. The lowest BCUT2D eigenvalue weighted by atomic mass is 10.2. The lowest BCUT2D eigenvalue weighted by Crippen LogP contribution is -2.44. The number of hydrogen-bond acceptors (Lipinski definition) is 3. The van der Waals surface area contributed by atoms with Crippen LogP contribution in [0.5, 0.6) is 0 Å². The molecule has 2 aromatic rings. The van der Waals surface area contributed by atoms with Crippen molar-refractivity contribution in [3.63, 3.8) is 0 Å². The number of urea groups is 1.